The van der Waals surface area contributed by atoms with E-state index in [1.807, 2.05) is 19.1 Å². The smallest absolute Gasteiger partial charge is 0.126 e. The Morgan fingerprint density at radius 1 is 1.25 bits per heavy atom. The van der Waals surface area contributed by atoms with Gasteiger partial charge in [-0.05, 0) is 30.5 Å². The highest BCUT2D eigenvalue weighted by atomic mass is 19.1. The van der Waals surface area contributed by atoms with Gasteiger partial charge in [0, 0.05) is 51.9 Å². The minimum Gasteiger partial charge on any atom is -0.314 e. The number of benzene rings is 1. The normalized spacial score (nSPS) is 25.2. The summed E-state index contributed by atoms with van der Waals surface area (Å²) in [6.07, 6.45) is 1.26. The molecule has 3 rings (SSSR count). The summed E-state index contributed by atoms with van der Waals surface area (Å²) in [6.45, 7) is 9.68. The molecule has 110 valence electrons. The monoisotopic (exact) mass is 277 g/mol. The number of aryl methyl sites for hydroxylation is 1. The molecule has 0 aliphatic carbocycles. The van der Waals surface area contributed by atoms with E-state index in [4.69, 9.17) is 0 Å². The summed E-state index contributed by atoms with van der Waals surface area (Å²) in [5.41, 5.74) is 1.98. The summed E-state index contributed by atoms with van der Waals surface area (Å²) >= 11 is 0. The number of nitrogens with zero attached hydrogens (tertiary/aromatic N) is 2. The lowest BCUT2D eigenvalue weighted by Crippen LogP contribution is -2.49. The number of likely N-dealkylation sites (tertiary alicyclic amines) is 1. The zero-order chi connectivity index (χ0) is 13.9. The molecule has 2 heterocycles. The second kappa shape index (κ2) is 6.20. The molecule has 0 bridgehead atoms. The summed E-state index contributed by atoms with van der Waals surface area (Å²) < 4.78 is 13.3. The van der Waals surface area contributed by atoms with Crippen molar-refractivity contribution in [2.75, 3.05) is 39.3 Å². The molecule has 1 unspecified atom stereocenters. The Morgan fingerprint density at radius 3 is 2.80 bits per heavy atom. The lowest BCUT2D eigenvalue weighted by atomic mass is 10.1. The first-order chi connectivity index (χ1) is 9.72. The van der Waals surface area contributed by atoms with Gasteiger partial charge in [-0.15, -0.1) is 0 Å². The van der Waals surface area contributed by atoms with Crippen LogP contribution in [-0.2, 0) is 6.54 Å². The van der Waals surface area contributed by atoms with Crippen LogP contribution in [0.25, 0.3) is 0 Å². The average molecular weight is 277 g/mol. The molecule has 2 saturated heterocycles. The average Bonchev–Trinajstić information content (AvgIpc) is 2.92. The molecule has 1 aromatic carbocycles. The molecular weight excluding hydrogens is 253 g/mol. The van der Waals surface area contributed by atoms with Crippen LogP contribution in [0.3, 0.4) is 0 Å². The molecule has 1 atom stereocenters. The van der Waals surface area contributed by atoms with E-state index in [2.05, 4.69) is 15.1 Å². The molecule has 1 N–H and O–H groups in total. The Morgan fingerprint density at radius 2 is 2.05 bits per heavy atom. The molecular formula is C16H24FN3. The van der Waals surface area contributed by atoms with Crippen molar-refractivity contribution in [1.82, 2.24) is 15.1 Å². The highest BCUT2D eigenvalue weighted by Crippen LogP contribution is 2.19. The Bertz CT molecular complexity index is 457. The molecule has 20 heavy (non-hydrogen) atoms. The first-order valence-electron chi connectivity index (χ1n) is 7.64. The second-order valence-corrected chi connectivity index (χ2v) is 6.05. The first-order valence-corrected chi connectivity index (χ1v) is 7.64. The maximum absolute atomic E-state index is 13.3. The zero-order valence-corrected chi connectivity index (χ0v) is 12.2. The third-order valence-corrected chi connectivity index (χ3v) is 4.54. The van der Waals surface area contributed by atoms with Crippen LogP contribution >= 0.6 is 0 Å². The van der Waals surface area contributed by atoms with E-state index in [-0.39, 0.29) is 5.82 Å². The third kappa shape index (κ3) is 3.19. The van der Waals surface area contributed by atoms with Gasteiger partial charge in [0.2, 0.25) is 0 Å². The van der Waals surface area contributed by atoms with Crippen LogP contribution in [0, 0.1) is 12.7 Å². The molecule has 0 saturated carbocycles. The van der Waals surface area contributed by atoms with Gasteiger partial charge in [-0.2, -0.15) is 0 Å². The van der Waals surface area contributed by atoms with Gasteiger partial charge in [-0.3, -0.25) is 9.80 Å². The maximum Gasteiger partial charge on any atom is 0.126 e. The van der Waals surface area contributed by atoms with Gasteiger partial charge < -0.3 is 5.32 Å². The summed E-state index contributed by atoms with van der Waals surface area (Å²) in [7, 11) is 0. The molecule has 4 heteroatoms. The van der Waals surface area contributed by atoms with Crippen molar-refractivity contribution < 1.29 is 4.39 Å². The first kappa shape index (κ1) is 14.0. The van der Waals surface area contributed by atoms with Crippen LogP contribution in [0.2, 0.25) is 0 Å². The topological polar surface area (TPSA) is 18.5 Å². The van der Waals surface area contributed by atoms with Crippen LogP contribution in [0.15, 0.2) is 18.2 Å². The third-order valence-electron chi connectivity index (χ3n) is 4.54. The van der Waals surface area contributed by atoms with Gasteiger partial charge in [0.1, 0.15) is 5.82 Å². The molecule has 3 nitrogen and oxygen atoms in total. The van der Waals surface area contributed by atoms with Gasteiger partial charge in [-0.25, -0.2) is 4.39 Å². The quantitative estimate of drug-likeness (QED) is 0.905. The molecule has 0 aromatic heterocycles. The van der Waals surface area contributed by atoms with E-state index < -0.39 is 0 Å². The Balaban J connectivity index is 1.55. The van der Waals surface area contributed by atoms with Crippen molar-refractivity contribution >= 4 is 0 Å². The molecule has 0 spiro atoms. The largest absolute Gasteiger partial charge is 0.314 e. The number of rotatable bonds is 3. The summed E-state index contributed by atoms with van der Waals surface area (Å²) in [5.74, 6) is -0.103. The number of nitrogens with one attached hydrogen (secondary N) is 1. The standard InChI is InChI=1S/C16H24FN3/c1-13-10-14(2-3-16(13)17)11-19-7-4-15(12-19)20-8-5-18-6-9-20/h2-3,10,15,18H,4-9,11-12H2,1H3. The van der Waals surface area contributed by atoms with Gasteiger partial charge in [0.15, 0.2) is 0 Å². The summed E-state index contributed by atoms with van der Waals surface area (Å²) in [5, 5.41) is 3.41. The number of piperazine rings is 1. The van der Waals surface area contributed by atoms with Gasteiger partial charge in [0.05, 0.1) is 0 Å². The Hall–Kier alpha value is -0.970. The van der Waals surface area contributed by atoms with Crippen LogP contribution < -0.4 is 5.32 Å². The maximum atomic E-state index is 13.3. The van der Waals surface area contributed by atoms with Crippen LogP contribution in [0.4, 0.5) is 4.39 Å². The van der Waals surface area contributed by atoms with Crippen molar-refractivity contribution in [3.05, 3.63) is 35.1 Å². The predicted molar refractivity (Wildman–Crippen MR) is 79.3 cm³/mol. The molecule has 1 aromatic rings. The van der Waals surface area contributed by atoms with Crippen LogP contribution in [0.1, 0.15) is 17.5 Å². The van der Waals surface area contributed by atoms with Crippen LogP contribution in [-0.4, -0.2) is 55.1 Å². The zero-order valence-electron chi connectivity index (χ0n) is 12.2. The van der Waals surface area contributed by atoms with Crippen molar-refractivity contribution in [3.63, 3.8) is 0 Å². The molecule has 0 radical (unpaired) electrons. The fraction of sp³-hybridized carbons (Fsp3) is 0.625. The SMILES string of the molecule is Cc1cc(CN2CCC(N3CCNCC3)C2)ccc1F. The van der Waals surface area contributed by atoms with E-state index in [0.717, 1.165) is 38.3 Å². The fourth-order valence-electron chi connectivity index (χ4n) is 3.36. The highest BCUT2D eigenvalue weighted by Gasteiger charge is 2.28. The summed E-state index contributed by atoms with van der Waals surface area (Å²) in [6, 6.07) is 6.20. The predicted octanol–water partition coefficient (Wildman–Crippen LogP) is 1.61. The molecule has 2 aliphatic rings. The Kier molecular flexibility index (Phi) is 4.34. The highest BCUT2D eigenvalue weighted by molar-refractivity contribution is 5.24. The minimum atomic E-state index is -0.103. The Labute approximate surface area is 120 Å². The van der Waals surface area contributed by atoms with Crippen molar-refractivity contribution in [1.29, 1.82) is 0 Å². The van der Waals surface area contributed by atoms with Gasteiger partial charge in [-0.1, -0.05) is 12.1 Å². The van der Waals surface area contributed by atoms with Crippen molar-refractivity contribution in [2.45, 2.75) is 25.9 Å². The fourth-order valence-corrected chi connectivity index (χ4v) is 3.36. The molecule has 0 amide bonds. The molecule has 2 fully saturated rings. The summed E-state index contributed by atoms with van der Waals surface area (Å²) in [4.78, 5) is 5.12. The number of halogens is 1. The van der Waals surface area contributed by atoms with Gasteiger partial charge >= 0.3 is 0 Å². The van der Waals surface area contributed by atoms with E-state index in [0.29, 0.717) is 6.04 Å². The van der Waals surface area contributed by atoms with Crippen molar-refractivity contribution in [2.24, 2.45) is 0 Å². The van der Waals surface area contributed by atoms with E-state index >= 15 is 0 Å². The van der Waals surface area contributed by atoms with E-state index in [1.165, 1.54) is 25.1 Å². The van der Waals surface area contributed by atoms with E-state index in [1.54, 1.807) is 6.07 Å². The van der Waals surface area contributed by atoms with Crippen LogP contribution in [0.5, 0.6) is 0 Å². The number of hydrogen-bond donors (Lipinski definition) is 1. The van der Waals surface area contributed by atoms with Crippen molar-refractivity contribution in [3.8, 4) is 0 Å². The minimum absolute atomic E-state index is 0.103. The lowest BCUT2D eigenvalue weighted by molar-refractivity contribution is 0.170. The van der Waals surface area contributed by atoms with Gasteiger partial charge in [0.25, 0.3) is 0 Å². The lowest BCUT2D eigenvalue weighted by Gasteiger charge is -2.32. The molecule has 2 aliphatic heterocycles. The second-order valence-electron chi connectivity index (χ2n) is 6.05. The van der Waals surface area contributed by atoms with E-state index in [9.17, 15) is 4.39 Å². The number of hydrogen-bond acceptors (Lipinski definition) is 3.